The highest BCUT2D eigenvalue weighted by molar-refractivity contribution is 5.79. The molecule has 1 aliphatic carbocycles. The van der Waals surface area contributed by atoms with E-state index in [9.17, 15) is 9.90 Å². The second-order valence-electron chi connectivity index (χ2n) is 7.47. The first-order chi connectivity index (χ1) is 14.1. The van der Waals surface area contributed by atoms with Gasteiger partial charge in [0.05, 0.1) is 6.10 Å². The van der Waals surface area contributed by atoms with E-state index in [1.165, 1.54) is 22.3 Å². The minimum Gasteiger partial charge on any atom is -0.449 e. The normalized spacial score (nSPS) is 14.6. The number of hydrogen-bond donors (Lipinski definition) is 2. The van der Waals surface area contributed by atoms with Crippen molar-refractivity contribution in [1.29, 1.82) is 0 Å². The molecule has 29 heavy (non-hydrogen) atoms. The number of carbonyl (C=O) groups excluding carboxylic acids is 1. The van der Waals surface area contributed by atoms with Crippen molar-refractivity contribution < 1.29 is 14.6 Å². The lowest BCUT2D eigenvalue weighted by molar-refractivity contribution is 0.120. The van der Waals surface area contributed by atoms with Crippen molar-refractivity contribution >= 4 is 6.09 Å². The summed E-state index contributed by atoms with van der Waals surface area (Å²) >= 11 is 0. The lowest BCUT2D eigenvalue weighted by atomic mass is 9.95. The first-order valence-corrected chi connectivity index (χ1v) is 9.97. The van der Waals surface area contributed by atoms with E-state index in [4.69, 9.17) is 4.74 Å². The molecule has 0 aliphatic heterocycles. The molecule has 4 nitrogen and oxygen atoms in total. The van der Waals surface area contributed by atoms with Crippen LogP contribution >= 0.6 is 0 Å². The van der Waals surface area contributed by atoms with Crippen molar-refractivity contribution in [3.05, 3.63) is 95.6 Å². The quantitative estimate of drug-likeness (QED) is 0.645. The van der Waals surface area contributed by atoms with Gasteiger partial charge in [-0.25, -0.2) is 4.79 Å². The zero-order chi connectivity index (χ0) is 20.2. The molecule has 1 aliphatic rings. The molecule has 0 saturated heterocycles. The molecule has 0 aromatic heterocycles. The second-order valence-corrected chi connectivity index (χ2v) is 7.47. The number of carbonyl (C=O) groups is 1. The molecular formula is C25H25NO3. The Morgan fingerprint density at radius 1 is 0.931 bits per heavy atom. The maximum atomic E-state index is 12.2. The molecule has 1 amide bonds. The van der Waals surface area contributed by atoms with Gasteiger partial charge in [0.25, 0.3) is 0 Å². The van der Waals surface area contributed by atoms with E-state index in [0.717, 1.165) is 5.56 Å². The standard InChI is InChI=1S/C25H25NO3/c1-17(18-9-3-2-4-10-18)24(27)15-26-25(28)29-16-23-21-13-7-5-11-19(21)20-12-6-8-14-22(20)23/h2-14,17,23-24,27H,15-16H2,1H3,(H,26,28). The Morgan fingerprint density at radius 2 is 1.48 bits per heavy atom. The molecule has 0 heterocycles. The molecule has 2 unspecified atom stereocenters. The minimum atomic E-state index is -0.683. The van der Waals surface area contributed by atoms with E-state index in [1.807, 2.05) is 61.5 Å². The zero-order valence-electron chi connectivity index (χ0n) is 16.4. The SMILES string of the molecule is CC(c1ccccc1)C(O)CNC(=O)OCC1c2ccccc2-c2ccccc21. The maximum Gasteiger partial charge on any atom is 0.407 e. The van der Waals surface area contributed by atoms with E-state index < -0.39 is 12.2 Å². The number of benzene rings is 3. The van der Waals surface area contributed by atoms with Gasteiger partial charge in [0, 0.05) is 18.4 Å². The van der Waals surface area contributed by atoms with Gasteiger partial charge in [-0.1, -0.05) is 85.8 Å². The largest absolute Gasteiger partial charge is 0.449 e. The number of hydrogen-bond acceptors (Lipinski definition) is 3. The van der Waals surface area contributed by atoms with Gasteiger partial charge in [-0.15, -0.1) is 0 Å². The average molecular weight is 387 g/mol. The van der Waals surface area contributed by atoms with Crippen LogP contribution in [0.1, 0.15) is 35.4 Å². The molecule has 4 heteroatoms. The molecule has 0 saturated carbocycles. The van der Waals surface area contributed by atoms with Crippen molar-refractivity contribution in [2.24, 2.45) is 0 Å². The van der Waals surface area contributed by atoms with Crippen LogP contribution in [0.4, 0.5) is 4.79 Å². The maximum absolute atomic E-state index is 12.2. The third kappa shape index (κ3) is 4.03. The number of rotatable bonds is 6. The summed E-state index contributed by atoms with van der Waals surface area (Å²) in [6, 6.07) is 26.2. The molecule has 0 spiro atoms. The number of nitrogens with one attached hydrogen (secondary N) is 1. The van der Waals surface area contributed by atoms with Crippen LogP contribution in [-0.4, -0.2) is 30.5 Å². The second kappa shape index (κ2) is 8.50. The first-order valence-electron chi connectivity index (χ1n) is 9.97. The Hall–Kier alpha value is -3.11. The van der Waals surface area contributed by atoms with Crippen molar-refractivity contribution in [2.45, 2.75) is 24.9 Å². The third-order valence-corrected chi connectivity index (χ3v) is 5.70. The van der Waals surface area contributed by atoms with Gasteiger partial charge < -0.3 is 15.2 Å². The third-order valence-electron chi connectivity index (χ3n) is 5.70. The van der Waals surface area contributed by atoms with Crippen LogP contribution in [0, 0.1) is 0 Å². The van der Waals surface area contributed by atoms with Gasteiger partial charge in [0.15, 0.2) is 0 Å². The Labute approximate surface area is 171 Å². The van der Waals surface area contributed by atoms with Crippen LogP contribution in [0.3, 0.4) is 0 Å². The molecule has 4 rings (SSSR count). The highest BCUT2D eigenvalue weighted by atomic mass is 16.5. The Kier molecular flexibility index (Phi) is 5.63. The summed E-state index contributed by atoms with van der Waals surface area (Å²) in [5.74, 6) is -0.0496. The molecule has 3 aromatic rings. The number of ether oxygens (including phenoxy) is 1. The van der Waals surface area contributed by atoms with Gasteiger partial charge in [0.2, 0.25) is 0 Å². The Bertz CT molecular complexity index is 941. The first kappa shape index (κ1) is 19.2. The fraction of sp³-hybridized carbons (Fsp3) is 0.240. The monoisotopic (exact) mass is 387 g/mol. The van der Waals surface area contributed by atoms with Crippen LogP contribution in [0.25, 0.3) is 11.1 Å². The molecule has 3 aromatic carbocycles. The van der Waals surface area contributed by atoms with Crippen molar-refractivity contribution in [1.82, 2.24) is 5.32 Å². The highest BCUT2D eigenvalue weighted by Gasteiger charge is 2.29. The summed E-state index contributed by atoms with van der Waals surface area (Å²) in [7, 11) is 0. The summed E-state index contributed by atoms with van der Waals surface area (Å²) in [6.45, 7) is 2.36. The number of aliphatic hydroxyl groups is 1. The molecule has 2 atom stereocenters. The topological polar surface area (TPSA) is 58.6 Å². The van der Waals surface area contributed by atoms with Crippen LogP contribution in [0.5, 0.6) is 0 Å². The van der Waals surface area contributed by atoms with Crippen molar-refractivity contribution in [3.8, 4) is 11.1 Å². The van der Waals surface area contributed by atoms with Crippen molar-refractivity contribution in [3.63, 3.8) is 0 Å². The number of alkyl carbamates (subject to hydrolysis) is 1. The highest BCUT2D eigenvalue weighted by Crippen LogP contribution is 2.44. The van der Waals surface area contributed by atoms with Gasteiger partial charge in [-0.3, -0.25) is 0 Å². The zero-order valence-corrected chi connectivity index (χ0v) is 16.4. The number of fused-ring (bicyclic) bond motifs is 3. The van der Waals surface area contributed by atoms with Crippen LogP contribution in [0.15, 0.2) is 78.9 Å². The van der Waals surface area contributed by atoms with Crippen molar-refractivity contribution in [2.75, 3.05) is 13.2 Å². The fourth-order valence-electron chi connectivity index (χ4n) is 3.99. The predicted molar refractivity (Wildman–Crippen MR) is 114 cm³/mol. The summed E-state index contributed by atoms with van der Waals surface area (Å²) in [4.78, 5) is 12.2. The molecular weight excluding hydrogens is 362 g/mol. The predicted octanol–water partition coefficient (Wildman–Crippen LogP) is 4.69. The van der Waals surface area contributed by atoms with Crippen LogP contribution < -0.4 is 5.32 Å². The minimum absolute atomic E-state index is 0.0290. The fourth-order valence-corrected chi connectivity index (χ4v) is 3.99. The summed E-state index contributed by atoms with van der Waals surface area (Å²) in [5.41, 5.74) is 5.79. The van der Waals surface area contributed by atoms with Gasteiger partial charge in [-0.05, 0) is 27.8 Å². The number of amides is 1. The van der Waals surface area contributed by atoms with Crippen LogP contribution in [0.2, 0.25) is 0 Å². The smallest absolute Gasteiger partial charge is 0.407 e. The Morgan fingerprint density at radius 3 is 2.10 bits per heavy atom. The number of aliphatic hydroxyl groups excluding tert-OH is 1. The molecule has 0 fully saturated rings. The lowest BCUT2D eigenvalue weighted by Crippen LogP contribution is -2.35. The van der Waals surface area contributed by atoms with E-state index in [-0.39, 0.29) is 25.0 Å². The molecule has 2 N–H and O–H groups in total. The van der Waals surface area contributed by atoms with E-state index in [1.54, 1.807) is 0 Å². The van der Waals surface area contributed by atoms with Gasteiger partial charge in [0.1, 0.15) is 6.61 Å². The van der Waals surface area contributed by atoms with Crippen LogP contribution in [-0.2, 0) is 4.74 Å². The lowest BCUT2D eigenvalue weighted by Gasteiger charge is -2.20. The van der Waals surface area contributed by atoms with E-state index in [2.05, 4.69) is 29.6 Å². The molecule has 0 radical (unpaired) electrons. The van der Waals surface area contributed by atoms with E-state index >= 15 is 0 Å². The summed E-state index contributed by atoms with van der Waals surface area (Å²) in [5, 5.41) is 13.1. The van der Waals surface area contributed by atoms with E-state index in [0.29, 0.717) is 0 Å². The van der Waals surface area contributed by atoms with Gasteiger partial charge in [-0.2, -0.15) is 0 Å². The summed E-state index contributed by atoms with van der Waals surface area (Å²) < 4.78 is 5.51. The molecule has 0 bridgehead atoms. The average Bonchev–Trinajstić information content (AvgIpc) is 3.10. The summed E-state index contributed by atoms with van der Waals surface area (Å²) in [6.07, 6.45) is -1.19. The van der Waals surface area contributed by atoms with Gasteiger partial charge >= 0.3 is 6.09 Å². The molecule has 148 valence electrons. The Balaban J connectivity index is 1.34.